The maximum Gasteiger partial charge on any atom is 0.204 e. The highest BCUT2D eigenvalue weighted by Gasteiger charge is 2.16. The number of pyridine rings is 1. The molecule has 0 aliphatic heterocycles. The summed E-state index contributed by atoms with van der Waals surface area (Å²) >= 11 is 0. The molecule has 1 heterocycles. The summed E-state index contributed by atoms with van der Waals surface area (Å²) < 4.78 is 33.5. The lowest BCUT2D eigenvalue weighted by Gasteiger charge is -2.11. The van der Waals surface area contributed by atoms with E-state index in [4.69, 9.17) is 0 Å². The Morgan fingerprint density at radius 3 is 2.81 bits per heavy atom. The van der Waals surface area contributed by atoms with E-state index in [1.165, 1.54) is 0 Å². The van der Waals surface area contributed by atoms with Gasteiger partial charge in [0, 0.05) is 30.4 Å². The third-order valence-electron chi connectivity index (χ3n) is 2.39. The van der Waals surface area contributed by atoms with Gasteiger partial charge in [-0.05, 0) is 13.0 Å². The van der Waals surface area contributed by atoms with Gasteiger partial charge in [0.1, 0.15) is 0 Å². The van der Waals surface area contributed by atoms with Crippen molar-refractivity contribution in [3.05, 3.63) is 36.7 Å². The molecule has 4 nitrogen and oxygen atoms in total. The van der Waals surface area contributed by atoms with Crippen LogP contribution < -0.4 is 4.57 Å². The van der Waals surface area contributed by atoms with Gasteiger partial charge in [-0.15, -0.1) is 0 Å². The quantitative estimate of drug-likeness (QED) is 0.573. The average molecular weight is 241 g/mol. The fraction of sp³-hybridized carbons (Fsp3) is 0.364. The summed E-state index contributed by atoms with van der Waals surface area (Å²) in [7, 11) is -4.14. The van der Waals surface area contributed by atoms with Crippen molar-refractivity contribution in [3.8, 4) is 0 Å². The molecule has 0 spiro atoms. The molecule has 0 radical (unpaired) electrons. The average Bonchev–Trinajstić information content (AvgIpc) is 2.25. The minimum Gasteiger partial charge on any atom is -0.748 e. The Balaban J connectivity index is 2.80. The van der Waals surface area contributed by atoms with Crippen LogP contribution in [0.5, 0.6) is 0 Å². The van der Waals surface area contributed by atoms with Crippen LogP contribution in [0.2, 0.25) is 0 Å². The van der Waals surface area contributed by atoms with Crippen LogP contribution >= 0.6 is 0 Å². The van der Waals surface area contributed by atoms with Crippen LogP contribution in [0.4, 0.5) is 0 Å². The first kappa shape index (κ1) is 12.9. The Bertz CT molecular complexity index is 468. The van der Waals surface area contributed by atoms with Crippen LogP contribution in [0.25, 0.3) is 6.08 Å². The van der Waals surface area contributed by atoms with Gasteiger partial charge in [-0.2, -0.15) is 4.57 Å². The van der Waals surface area contributed by atoms with Gasteiger partial charge in [0.25, 0.3) is 0 Å². The Morgan fingerprint density at radius 2 is 2.25 bits per heavy atom. The topological polar surface area (TPSA) is 61.1 Å². The zero-order chi connectivity index (χ0) is 12.2. The van der Waals surface area contributed by atoms with Gasteiger partial charge in [-0.1, -0.05) is 6.58 Å². The summed E-state index contributed by atoms with van der Waals surface area (Å²) in [4.78, 5) is 0. The lowest BCUT2D eigenvalue weighted by atomic mass is 10.2. The summed E-state index contributed by atoms with van der Waals surface area (Å²) in [5.74, 6) is -0.341. The van der Waals surface area contributed by atoms with E-state index in [9.17, 15) is 13.0 Å². The molecule has 0 unspecified atom stereocenters. The maximum atomic E-state index is 10.5. The first-order valence-corrected chi connectivity index (χ1v) is 6.58. The minimum atomic E-state index is -4.14. The van der Waals surface area contributed by atoms with Gasteiger partial charge >= 0.3 is 0 Å². The molecule has 0 saturated carbocycles. The van der Waals surface area contributed by atoms with E-state index in [1.807, 2.05) is 35.9 Å². The van der Waals surface area contributed by atoms with Crippen LogP contribution in [-0.2, 0) is 10.1 Å². The van der Waals surface area contributed by atoms with E-state index in [1.54, 1.807) is 6.08 Å². The largest absolute Gasteiger partial charge is 0.748 e. The summed E-state index contributed by atoms with van der Waals surface area (Å²) in [5, 5.41) is 0. The molecule has 16 heavy (non-hydrogen) atoms. The van der Waals surface area contributed by atoms with E-state index >= 15 is 0 Å². The normalized spacial score (nSPS) is 13.4. The fourth-order valence-corrected chi connectivity index (χ4v) is 2.13. The zero-order valence-corrected chi connectivity index (χ0v) is 9.98. The lowest BCUT2D eigenvalue weighted by Crippen LogP contribution is -2.41. The predicted molar refractivity (Wildman–Crippen MR) is 60.6 cm³/mol. The summed E-state index contributed by atoms with van der Waals surface area (Å²) in [5.41, 5.74) is 0.901. The van der Waals surface area contributed by atoms with E-state index < -0.39 is 10.1 Å². The van der Waals surface area contributed by atoms with Gasteiger partial charge in [0.15, 0.2) is 12.2 Å². The van der Waals surface area contributed by atoms with Crippen LogP contribution in [-0.4, -0.2) is 18.7 Å². The van der Waals surface area contributed by atoms with Gasteiger partial charge in [0.05, 0.1) is 10.1 Å². The number of rotatable bonds is 5. The Morgan fingerprint density at radius 1 is 1.56 bits per heavy atom. The molecule has 0 N–H and O–H groups in total. The molecule has 0 aliphatic rings. The second-order valence-corrected chi connectivity index (χ2v) is 5.16. The standard InChI is InChI=1S/C11H15NO3S/c1-3-11-6-4-5-8-12(11)10(2)7-9-16(13,14)15/h3-6,8,10H,1,7,9H2,2H3/t10-/m0/s1. The van der Waals surface area contributed by atoms with Crippen molar-refractivity contribution >= 4 is 16.2 Å². The fourth-order valence-electron chi connectivity index (χ4n) is 1.50. The molecule has 1 rings (SSSR count). The van der Waals surface area contributed by atoms with Crippen molar-refractivity contribution in [1.29, 1.82) is 0 Å². The van der Waals surface area contributed by atoms with Crippen molar-refractivity contribution in [2.45, 2.75) is 19.4 Å². The monoisotopic (exact) mass is 241 g/mol. The van der Waals surface area contributed by atoms with E-state index in [0.29, 0.717) is 6.42 Å². The molecule has 0 aliphatic carbocycles. The smallest absolute Gasteiger partial charge is 0.204 e. The van der Waals surface area contributed by atoms with E-state index in [-0.39, 0.29) is 11.8 Å². The van der Waals surface area contributed by atoms with Crippen LogP contribution in [0.1, 0.15) is 25.1 Å². The molecular formula is C11H15NO3S. The first-order chi connectivity index (χ1) is 7.44. The lowest BCUT2D eigenvalue weighted by molar-refractivity contribution is -0.721. The molecule has 5 heteroatoms. The third-order valence-corrected chi connectivity index (χ3v) is 3.13. The summed E-state index contributed by atoms with van der Waals surface area (Å²) in [6, 6.07) is 5.58. The minimum absolute atomic E-state index is 0.0436. The van der Waals surface area contributed by atoms with E-state index in [0.717, 1.165) is 5.69 Å². The molecule has 1 atom stereocenters. The summed E-state index contributed by atoms with van der Waals surface area (Å²) in [6.45, 7) is 5.56. The Kier molecular flexibility index (Phi) is 4.20. The Hall–Kier alpha value is -1.20. The molecule has 0 fully saturated rings. The van der Waals surface area contributed by atoms with Gasteiger partial charge < -0.3 is 4.55 Å². The van der Waals surface area contributed by atoms with Gasteiger partial charge in [-0.25, -0.2) is 8.42 Å². The molecule has 1 aromatic rings. The van der Waals surface area contributed by atoms with Crippen molar-refractivity contribution in [1.82, 2.24) is 0 Å². The number of aromatic nitrogens is 1. The Labute approximate surface area is 96.0 Å². The maximum absolute atomic E-state index is 10.5. The van der Waals surface area contributed by atoms with Crippen molar-refractivity contribution < 1.29 is 17.5 Å². The molecular weight excluding hydrogens is 226 g/mol. The first-order valence-electron chi connectivity index (χ1n) is 5.00. The molecule has 1 aromatic heterocycles. The highest BCUT2D eigenvalue weighted by Crippen LogP contribution is 2.06. The summed E-state index contributed by atoms with van der Waals surface area (Å²) in [6.07, 6.45) is 3.85. The van der Waals surface area contributed by atoms with Crippen LogP contribution in [0.3, 0.4) is 0 Å². The van der Waals surface area contributed by atoms with Gasteiger partial charge in [0.2, 0.25) is 5.69 Å². The third kappa shape index (κ3) is 3.75. The van der Waals surface area contributed by atoms with Crippen LogP contribution in [0, 0.1) is 0 Å². The molecule has 0 bridgehead atoms. The van der Waals surface area contributed by atoms with Gasteiger partial charge in [-0.3, -0.25) is 0 Å². The number of nitrogens with zero attached hydrogens (tertiary/aromatic N) is 1. The number of hydrogen-bond donors (Lipinski definition) is 0. The second kappa shape index (κ2) is 5.23. The zero-order valence-electron chi connectivity index (χ0n) is 9.17. The molecule has 0 amide bonds. The predicted octanol–water partition coefficient (Wildman–Crippen LogP) is 1.11. The van der Waals surface area contributed by atoms with Crippen LogP contribution in [0.15, 0.2) is 31.0 Å². The van der Waals surface area contributed by atoms with Crippen molar-refractivity contribution in [2.75, 3.05) is 5.75 Å². The highest BCUT2D eigenvalue weighted by molar-refractivity contribution is 7.85. The number of hydrogen-bond acceptors (Lipinski definition) is 3. The van der Waals surface area contributed by atoms with Crippen molar-refractivity contribution in [3.63, 3.8) is 0 Å². The second-order valence-electron chi connectivity index (χ2n) is 3.64. The highest BCUT2D eigenvalue weighted by atomic mass is 32.2. The van der Waals surface area contributed by atoms with Crippen molar-refractivity contribution in [2.24, 2.45) is 0 Å². The SMILES string of the molecule is C=Cc1cccc[n+]1[C@@H](C)CCS(=O)(=O)[O-]. The molecule has 88 valence electrons. The molecule has 0 saturated heterocycles. The van der Waals surface area contributed by atoms with E-state index in [2.05, 4.69) is 6.58 Å². The molecule has 0 aromatic carbocycles.